The SMILES string of the molecule is Cc1ncc([N+](=O)[O-])n1CCOC(=O)c1cc2cc(Cl)cc(Cl)c2oc1=O. The Morgan fingerprint density at radius 3 is 2.81 bits per heavy atom. The van der Waals surface area contributed by atoms with Gasteiger partial charge in [0, 0.05) is 17.3 Å². The maximum absolute atomic E-state index is 12.2. The van der Waals surface area contributed by atoms with Gasteiger partial charge in [-0.3, -0.25) is 0 Å². The first kappa shape index (κ1) is 18.9. The number of rotatable bonds is 5. The van der Waals surface area contributed by atoms with Gasteiger partial charge in [-0.15, -0.1) is 0 Å². The fraction of sp³-hybridized carbons (Fsp3) is 0.188. The van der Waals surface area contributed by atoms with Crippen LogP contribution in [0.4, 0.5) is 5.82 Å². The van der Waals surface area contributed by atoms with Crippen molar-refractivity contribution < 1.29 is 18.9 Å². The molecule has 3 aromatic rings. The first-order valence-electron chi connectivity index (χ1n) is 7.54. The number of esters is 1. The number of benzene rings is 1. The van der Waals surface area contributed by atoms with Crippen molar-refractivity contribution in [2.45, 2.75) is 13.5 Å². The van der Waals surface area contributed by atoms with Crippen LogP contribution in [0.1, 0.15) is 16.2 Å². The molecule has 0 fully saturated rings. The van der Waals surface area contributed by atoms with Crippen LogP contribution in [-0.4, -0.2) is 27.1 Å². The molecule has 0 unspecified atom stereocenters. The molecule has 0 aliphatic carbocycles. The molecule has 0 aliphatic heterocycles. The van der Waals surface area contributed by atoms with Gasteiger partial charge in [0.05, 0.1) is 5.02 Å². The molecule has 0 radical (unpaired) electrons. The van der Waals surface area contributed by atoms with Crippen molar-refractivity contribution >= 4 is 46.0 Å². The van der Waals surface area contributed by atoms with Crippen LogP contribution in [-0.2, 0) is 11.3 Å². The number of fused-ring (bicyclic) bond motifs is 1. The minimum Gasteiger partial charge on any atom is -0.458 e. The van der Waals surface area contributed by atoms with Crippen LogP contribution in [0, 0.1) is 17.0 Å². The van der Waals surface area contributed by atoms with Gasteiger partial charge in [-0.05, 0) is 23.1 Å². The fourth-order valence-corrected chi connectivity index (χ4v) is 3.03. The van der Waals surface area contributed by atoms with Crippen LogP contribution in [0.2, 0.25) is 10.0 Å². The molecule has 9 nitrogen and oxygen atoms in total. The van der Waals surface area contributed by atoms with Gasteiger partial charge in [0.1, 0.15) is 24.9 Å². The van der Waals surface area contributed by atoms with Crippen molar-refractivity contribution in [1.29, 1.82) is 0 Å². The maximum atomic E-state index is 12.2. The molecule has 140 valence electrons. The molecular formula is C16H11Cl2N3O6. The highest BCUT2D eigenvalue weighted by molar-refractivity contribution is 6.38. The predicted molar refractivity (Wildman–Crippen MR) is 96.4 cm³/mol. The molecule has 0 N–H and O–H groups in total. The molecule has 0 bridgehead atoms. The standard InChI is InChI=1S/C16H11Cl2N3O6/c1-8-19-7-13(21(24)25)20(8)2-3-26-15(22)11-5-9-4-10(17)6-12(18)14(9)27-16(11)23/h4-7H,2-3H2,1H3. The van der Waals surface area contributed by atoms with E-state index in [4.69, 9.17) is 32.4 Å². The summed E-state index contributed by atoms with van der Waals surface area (Å²) < 4.78 is 11.4. The van der Waals surface area contributed by atoms with Gasteiger partial charge in [0.2, 0.25) is 0 Å². The van der Waals surface area contributed by atoms with Crippen LogP contribution in [0.5, 0.6) is 0 Å². The number of nitro groups is 1. The lowest BCUT2D eigenvalue weighted by Gasteiger charge is -2.06. The summed E-state index contributed by atoms with van der Waals surface area (Å²) in [5, 5.41) is 11.7. The quantitative estimate of drug-likeness (QED) is 0.273. The van der Waals surface area contributed by atoms with E-state index in [2.05, 4.69) is 4.98 Å². The maximum Gasteiger partial charge on any atom is 0.351 e. The van der Waals surface area contributed by atoms with E-state index in [1.807, 2.05) is 0 Å². The van der Waals surface area contributed by atoms with Crippen LogP contribution in [0.15, 0.2) is 33.6 Å². The number of carbonyl (C=O) groups excluding carboxylic acids is 1. The smallest absolute Gasteiger partial charge is 0.351 e. The van der Waals surface area contributed by atoms with Crippen molar-refractivity contribution in [3.8, 4) is 0 Å². The average Bonchev–Trinajstić information content (AvgIpc) is 2.96. The summed E-state index contributed by atoms with van der Waals surface area (Å²) in [6, 6.07) is 4.17. The van der Waals surface area contributed by atoms with Gasteiger partial charge < -0.3 is 19.3 Å². The molecule has 11 heteroatoms. The second kappa shape index (κ2) is 7.37. The lowest BCUT2D eigenvalue weighted by molar-refractivity contribution is -0.392. The highest BCUT2D eigenvalue weighted by atomic mass is 35.5. The van der Waals surface area contributed by atoms with Gasteiger partial charge in [0.15, 0.2) is 11.4 Å². The Balaban J connectivity index is 1.79. The Morgan fingerprint density at radius 2 is 2.11 bits per heavy atom. The van der Waals surface area contributed by atoms with E-state index in [0.717, 1.165) is 6.20 Å². The molecular weight excluding hydrogens is 401 g/mol. The molecule has 0 spiro atoms. The molecule has 0 saturated heterocycles. The zero-order valence-corrected chi connectivity index (χ0v) is 15.3. The topological polar surface area (TPSA) is 117 Å². The highest BCUT2D eigenvalue weighted by Crippen LogP contribution is 2.27. The molecule has 27 heavy (non-hydrogen) atoms. The molecule has 0 saturated carbocycles. The predicted octanol–water partition coefficient (Wildman–Crippen LogP) is 3.37. The van der Waals surface area contributed by atoms with Crippen LogP contribution >= 0.6 is 23.2 Å². The highest BCUT2D eigenvalue weighted by Gasteiger charge is 2.20. The lowest BCUT2D eigenvalue weighted by Crippen LogP contribution is -2.19. The number of carbonyl (C=O) groups is 1. The van der Waals surface area contributed by atoms with Crippen molar-refractivity contribution in [2.75, 3.05) is 6.61 Å². The Bertz CT molecular complexity index is 1120. The Labute approximate surface area is 161 Å². The lowest BCUT2D eigenvalue weighted by atomic mass is 10.2. The second-order valence-electron chi connectivity index (χ2n) is 5.46. The zero-order chi connectivity index (χ0) is 19.7. The Morgan fingerprint density at radius 1 is 1.37 bits per heavy atom. The number of imidazole rings is 1. The number of halogens is 2. The fourth-order valence-electron chi connectivity index (χ4n) is 2.49. The van der Waals surface area contributed by atoms with E-state index in [0.29, 0.717) is 16.2 Å². The van der Waals surface area contributed by atoms with Gasteiger partial charge in [-0.25, -0.2) is 19.1 Å². The third-order valence-electron chi connectivity index (χ3n) is 3.74. The van der Waals surface area contributed by atoms with E-state index in [9.17, 15) is 19.7 Å². The Hall–Kier alpha value is -2.91. The van der Waals surface area contributed by atoms with Crippen LogP contribution in [0.25, 0.3) is 11.0 Å². The summed E-state index contributed by atoms with van der Waals surface area (Å²) in [7, 11) is 0. The average molecular weight is 412 g/mol. The minimum absolute atomic E-state index is 0.00442. The van der Waals surface area contributed by atoms with Crippen LogP contribution < -0.4 is 5.63 Å². The van der Waals surface area contributed by atoms with E-state index in [1.165, 1.54) is 22.8 Å². The van der Waals surface area contributed by atoms with Gasteiger partial charge in [0.25, 0.3) is 0 Å². The summed E-state index contributed by atoms with van der Waals surface area (Å²) in [4.78, 5) is 38.4. The van der Waals surface area contributed by atoms with Crippen molar-refractivity contribution in [2.24, 2.45) is 0 Å². The van der Waals surface area contributed by atoms with Crippen LogP contribution in [0.3, 0.4) is 0 Å². The minimum atomic E-state index is -0.929. The van der Waals surface area contributed by atoms with E-state index in [1.54, 1.807) is 6.92 Å². The molecule has 2 heterocycles. The number of hydrogen-bond acceptors (Lipinski definition) is 7. The second-order valence-corrected chi connectivity index (χ2v) is 6.31. The summed E-state index contributed by atoms with van der Waals surface area (Å²) in [5.41, 5.74) is -1.15. The number of nitrogens with zero attached hydrogens (tertiary/aromatic N) is 3. The molecule has 0 amide bonds. The van der Waals surface area contributed by atoms with Crippen molar-refractivity contribution in [1.82, 2.24) is 9.55 Å². The third kappa shape index (κ3) is 3.79. The van der Waals surface area contributed by atoms with Gasteiger partial charge in [-0.2, -0.15) is 0 Å². The first-order chi connectivity index (χ1) is 12.8. The number of hydrogen-bond donors (Lipinski definition) is 0. The van der Waals surface area contributed by atoms with Crippen molar-refractivity contribution in [3.63, 3.8) is 0 Å². The van der Waals surface area contributed by atoms with E-state index in [-0.39, 0.29) is 35.1 Å². The summed E-state index contributed by atoms with van der Waals surface area (Å²) in [5.74, 6) is -0.757. The molecule has 0 atom stereocenters. The molecule has 3 rings (SSSR count). The monoisotopic (exact) mass is 411 g/mol. The zero-order valence-electron chi connectivity index (χ0n) is 13.8. The first-order valence-corrected chi connectivity index (χ1v) is 8.30. The van der Waals surface area contributed by atoms with Gasteiger partial charge in [-0.1, -0.05) is 23.2 Å². The molecule has 0 aliphatic rings. The number of aryl methyl sites for hydroxylation is 1. The normalized spacial score (nSPS) is 10.9. The van der Waals surface area contributed by atoms with E-state index < -0.39 is 16.5 Å². The largest absolute Gasteiger partial charge is 0.458 e. The summed E-state index contributed by atoms with van der Waals surface area (Å²) in [6.45, 7) is 1.38. The summed E-state index contributed by atoms with van der Waals surface area (Å²) >= 11 is 11.9. The van der Waals surface area contributed by atoms with Crippen molar-refractivity contribution in [3.05, 3.63) is 66.4 Å². The van der Waals surface area contributed by atoms with Gasteiger partial charge >= 0.3 is 17.4 Å². The molecule has 2 aromatic heterocycles. The Kier molecular flexibility index (Phi) is 5.15. The number of ether oxygens (including phenoxy) is 1. The summed E-state index contributed by atoms with van der Waals surface area (Å²) in [6.07, 6.45) is 1.11. The van der Waals surface area contributed by atoms with E-state index >= 15 is 0 Å². The molecule has 1 aromatic carbocycles. The number of aromatic nitrogens is 2. The third-order valence-corrected chi connectivity index (χ3v) is 4.24.